The van der Waals surface area contributed by atoms with E-state index in [4.69, 9.17) is 24.0 Å². The van der Waals surface area contributed by atoms with Crippen LogP contribution >= 0.6 is 0 Å². The van der Waals surface area contributed by atoms with Crippen molar-refractivity contribution in [3.63, 3.8) is 0 Å². The minimum atomic E-state index is -0.347. The quantitative estimate of drug-likeness (QED) is 0.405. The first-order valence-corrected chi connectivity index (χ1v) is 12.0. The predicted molar refractivity (Wildman–Crippen MR) is 143 cm³/mol. The lowest BCUT2D eigenvalue weighted by Crippen LogP contribution is -2.36. The highest BCUT2D eigenvalue weighted by Crippen LogP contribution is 2.40. The van der Waals surface area contributed by atoms with Crippen molar-refractivity contribution in [3.8, 4) is 23.0 Å². The molecule has 1 heterocycles. The van der Waals surface area contributed by atoms with E-state index in [1.165, 1.54) is 0 Å². The van der Waals surface area contributed by atoms with Crippen LogP contribution in [0.3, 0.4) is 0 Å². The lowest BCUT2D eigenvalue weighted by molar-refractivity contribution is -0.134. The normalized spacial score (nSPS) is 14.9. The topological polar surface area (TPSA) is 72.8 Å². The summed E-state index contributed by atoms with van der Waals surface area (Å²) >= 11 is 0. The molecule has 0 aliphatic carbocycles. The van der Waals surface area contributed by atoms with Gasteiger partial charge in [0.15, 0.2) is 0 Å². The van der Waals surface area contributed by atoms with Crippen molar-refractivity contribution in [1.29, 1.82) is 0 Å². The molecule has 3 aromatic carbocycles. The number of carbonyl (C=O) groups is 1. The van der Waals surface area contributed by atoms with Crippen molar-refractivity contribution in [2.75, 3.05) is 42.0 Å². The van der Waals surface area contributed by atoms with E-state index in [0.717, 1.165) is 22.4 Å². The van der Waals surface area contributed by atoms with Gasteiger partial charge in [-0.1, -0.05) is 30.3 Å². The number of benzene rings is 3. The van der Waals surface area contributed by atoms with Crippen LogP contribution in [-0.4, -0.2) is 63.6 Å². The van der Waals surface area contributed by atoms with Crippen molar-refractivity contribution < 1.29 is 23.7 Å². The number of carbonyl (C=O) groups excluding carboxylic acids is 1. The summed E-state index contributed by atoms with van der Waals surface area (Å²) < 4.78 is 22.0. The summed E-state index contributed by atoms with van der Waals surface area (Å²) in [6.45, 7) is 0.861. The van der Waals surface area contributed by atoms with E-state index in [9.17, 15) is 4.79 Å². The van der Waals surface area contributed by atoms with E-state index in [2.05, 4.69) is 0 Å². The average molecular weight is 504 g/mol. The molecule has 8 heteroatoms. The zero-order valence-corrected chi connectivity index (χ0v) is 21.9. The third kappa shape index (κ3) is 5.86. The molecule has 1 aliphatic heterocycles. The summed E-state index contributed by atoms with van der Waals surface area (Å²) in [7, 11) is 8.38. The zero-order valence-electron chi connectivity index (χ0n) is 21.9. The summed E-state index contributed by atoms with van der Waals surface area (Å²) in [4.78, 5) is 15.6. The highest BCUT2D eigenvalue weighted by molar-refractivity contribution is 6.05. The summed E-state index contributed by atoms with van der Waals surface area (Å²) in [6.07, 6.45) is 0.500. The van der Waals surface area contributed by atoms with Gasteiger partial charge in [0.25, 0.3) is 5.91 Å². The fourth-order valence-electron chi connectivity index (χ4n) is 4.53. The van der Waals surface area contributed by atoms with Gasteiger partial charge in [-0.3, -0.25) is 9.69 Å². The standard InChI is InChI=1S/C29H33N3O5/c1-31(18-20-9-7-6-8-10-20)19-29(33)32-26(24-14-12-22(35-3)16-28(24)37-5)17-25(30-32)23-13-11-21(34-2)15-27(23)36-4/h6-16,26H,17-19H2,1-5H3/t26-/m1/s1. The van der Waals surface area contributed by atoms with Crippen LogP contribution < -0.4 is 18.9 Å². The van der Waals surface area contributed by atoms with Gasteiger partial charge in [-0.25, -0.2) is 5.01 Å². The fraction of sp³-hybridized carbons (Fsp3) is 0.310. The third-order valence-corrected chi connectivity index (χ3v) is 6.39. The van der Waals surface area contributed by atoms with Gasteiger partial charge in [0.05, 0.1) is 46.7 Å². The van der Waals surface area contributed by atoms with E-state index in [1.54, 1.807) is 33.4 Å². The zero-order chi connectivity index (χ0) is 26.4. The summed E-state index contributed by atoms with van der Waals surface area (Å²) in [6, 6.07) is 20.9. The Balaban J connectivity index is 1.67. The van der Waals surface area contributed by atoms with Crippen molar-refractivity contribution >= 4 is 11.6 Å². The number of amides is 1. The van der Waals surface area contributed by atoms with Gasteiger partial charge in [0.1, 0.15) is 23.0 Å². The van der Waals surface area contributed by atoms with E-state index < -0.39 is 0 Å². The number of hydrazone groups is 1. The van der Waals surface area contributed by atoms with E-state index in [0.29, 0.717) is 36.0 Å². The molecule has 0 aromatic heterocycles. The van der Waals surface area contributed by atoms with Gasteiger partial charge in [-0.05, 0) is 36.9 Å². The van der Waals surface area contributed by atoms with Crippen molar-refractivity contribution in [2.24, 2.45) is 5.10 Å². The maximum absolute atomic E-state index is 13.6. The molecular formula is C29H33N3O5. The Morgan fingerprint density at radius 1 is 0.892 bits per heavy atom. The second-order valence-electron chi connectivity index (χ2n) is 8.84. The first kappa shape index (κ1) is 26.0. The molecule has 0 saturated heterocycles. The van der Waals surface area contributed by atoms with Gasteiger partial charge in [0.2, 0.25) is 0 Å². The summed E-state index contributed by atoms with van der Waals surface area (Å²) in [5, 5.41) is 6.40. The Hall–Kier alpha value is -4.04. The van der Waals surface area contributed by atoms with Crippen LogP contribution in [0.25, 0.3) is 0 Å². The first-order valence-electron chi connectivity index (χ1n) is 12.0. The monoisotopic (exact) mass is 503 g/mol. The number of rotatable bonds is 10. The maximum Gasteiger partial charge on any atom is 0.257 e. The molecule has 1 amide bonds. The molecule has 0 radical (unpaired) electrons. The number of hydrogen-bond donors (Lipinski definition) is 0. The molecule has 8 nitrogen and oxygen atoms in total. The number of ether oxygens (including phenoxy) is 4. The largest absolute Gasteiger partial charge is 0.497 e. The third-order valence-electron chi connectivity index (χ3n) is 6.39. The Labute approximate surface area is 218 Å². The lowest BCUT2D eigenvalue weighted by atomic mass is 9.97. The minimum absolute atomic E-state index is 0.108. The minimum Gasteiger partial charge on any atom is -0.497 e. The second-order valence-corrected chi connectivity index (χ2v) is 8.84. The Kier molecular flexibility index (Phi) is 8.30. The molecular weight excluding hydrogens is 470 g/mol. The maximum atomic E-state index is 13.6. The van der Waals surface area contributed by atoms with Gasteiger partial charge in [-0.15, -0.1) is 0 Å². The Morgan fingerprint density at radius 2 is 1.54 bits per heavy atom. The van der Waals surface area contributed by atoms with Gasteiger partial charge in [0, 0.05) is 36.2 Å². The van der Waals surface area contributed by atoms with Gasteiger partial charge in [-0.2, -0.15) is 5.10 Å². The van der Waals surface area contributed by atoms with Crippen LogP contribution in [-0.2, 0) is 11.3 Å². The van der Waals surface area contributed by atoms with E-state index in [1.807, 2.05) is 78.7 Å². The second kappa shape index (κ2) is 11.8. The van der Waals surface area contributed by atoms with Crippen molar-refractivity contribution in [1.82, 2.24) is 9.91 Å². The Bertz CT molecular complexity index is 1260. The molecule has 1 atom stereocenters. The molecule has 0 fully saturated rings. The summed E-state index contributed by atoms with van der Waals surface area (Å²) in [5.74, 6) is 2.52. The molecule has 0 saturated carbocycles. The Morgan fingerprint density at radius 3 is 2.19 bits per heavy atom. The molecule has 4 rings (SSSR count). The van der Waals surface area contributed by atoms with Crippen LogP contribution in [0.4, 0.5) is 0 Å². The first-order chi connectivity index (χ1) is 18.0. The molecule has 0 unspecified atom stereocenters. The molecule has 0 bridgehead atoms. The van der Waals surface area contributed by atoms with Crippen LogP contribution in [0.15, 0.2) is 71.8 Å². The van der Waals surface area contributed by atoms with Gasteiger partial charge >= 0.3 is 0 Å². The van der Waals surface area contributed by atoms with Crippen LogP contribution in [0, 0.1) is 0 Å². The SMILES string of the molecule is COc1ccc(C2=NN(C(=O)CN(C)Cc3ccccc3)[C@@H](c3ccc(OC)cc3OC)C2)c(OC)c1. The van der Waals surface area contributed by atoms with Gasteiger partial charge < -0.3 is 18.9 Å². The molecule has 3 aromatic rings. The van der Waals surface area contributed by atoms with Crippen molar-refractivity contribution in [2.45, 2.75) is 19.0 Å². The van der Waals surface area contributed by atoms with E-state index in [-0.39, 0.29) is 18.5 Å². The molecule has 0 spiro atoms. The van der Waals surface area contributed by atoms with Crippen molar-refractivity contribution in [3.05, 3.63) is 83.4 Å². The van der Waals surface area contributed by atoms with Crippen LogP contribution in [0.5, 0.6) is 23.0 Å². The summed E-state index contributed by atoms with van der Waals surface area (Å²) in [5.41, 5.74) is 3.56. The smallest absolute Gasteiger partial charge is 0.257 e. The molecule has 37 heavy (non-hydrogen) atoms. The lowest BCUT2D eigenvalue weighted by Gasteiger charge is -2.26. The van der Waals surface area contributed by atoms with Crippen LogP contribution in [0.1, 0.15) is 29.2 Å². The molecule has 194 valence electrons. The van der Waals surface area contributed by atoms with Crippen LogP contribution in [0.2, 0.25) is 0 Å². The highest BCUT2D eigenvalue weighted by atomic mass is 16.5. The van der Waals surface area contributed by atoms with E-state index >= 15 is 0 Å². The number of methoxy groups -OCH3 is 4. The predicted octanol–water partition coefficient (Wildman–Crippen LogP) is 4.53. The number of hydrogen-bond acceptors (Lipinski definition) is 7. The number of nitrogens with zero attached hydrogens (tertiary/aromatic N) is 3. The average Bonchev–Trinajstić information content (AvgIpc) is 3.38. The molecule has 0 N–H and O–H groups in total. The molecule has 1 aliphatic rings. The highest BCUT2D eigenvalue weighted by Gasteiger charge is 2.36. The number of likely N-dealkylation sites (N-methyl/N-ethyl adjacent to an activating group) is 1. The fourth-order valence-corrected chi connectivity index (χ4v) is 4.53.